The zero-order valence-electron chi connectivity index (χ0n) is 7.63. The quantitative estimate of drug-likeness (QED) is 0.754. The van der Waals surface area contributed by atoms with E-state index >= 15 is 0 Å². The Balaban J connectivity index is 2.20. The molecule has 1 N–H and O–H groups in total. The molecule has 66 valence electrons. The van der Waals surface area contributed by atoms with Gasteiger partial charge in [0.1, 0.15) is 0 Å². The second-order valence-electron chi connectivity index (χ2n) is 3.77. The van der Waals surface area contributed by atoms with E-state index in [1.807, 2.05) is 18.4 Å². The van der Waals surface area contributed by atoms with Crippen LogP contribution in [0.25, 0.3) is 0 Å². The van der Waals surface area contributed by atoms with Crippen molar-refractivity contribution in [2.24, 2.45) is 5.92 Å². The third kappa shape index (κ3) is 1.10. The highest BCUT2D eigenvalue weighted by Crippen LogP contribution is 2.54. The van der Waals surface area contributed by atoms with E-state index in [1.54, 1.807) is 4.88 Å². The highest BCUT2D eigenvalue weighted by molar-refractivity contribution is 7.10. The molecule has 1 aromatic heterocycles. The molecule has 0 aromatic carbocycles. The Morgan fingerprint density at radius 3 is 2.92 bits per heavy atom. The lowest BCUT2D eigenvalue weighted by molar-refractivity contribution is 0.590. The summed E-state index contributed by atoms with van der Waals surface area (Å²) in [4.78, 5) is 1.56. The van der Waals surface area contributed by atoms with E-state index in [0.717, 1.165) is 12.5 Å². The van der Waals surface area contributed by atoms with Gasteiger partial charge in [-0.15, -0.1) is 11.3 Å². The molecule has 0 saturated heterocycles. The summed E-state index contributed by atoms with van der Waals surface area (Å²) in [5.74, 6) is 0.864. The Hall–Kier alpha value is -0.340. The molecule has 0 aliphatic heterocycles. The summed E-state index contributed by atoms with van der Waals surface area (Å²) in [6, 6.07) is 4.42. The largest absolute Gasteiger partial charge is 0.319 e. The Morgan fingerprint density at radius 1 is 1.75 bits per heavy atom. The zero-order chi connectivity index (χ0) is 8.60. The third-order valence-corrected chi connectivity index (χ3v) is 4.05. The smallest absolute Gasteiger partial charge is 0.0200 e. The van der Waals surface area contributed by atoms with E-state index < -0.39 is 0 Å². The van der Waals surface area contributed by atoms with E-state index in [0.29, 0.717) is 5.41 Å². The summed E-state index contributed by atoms with van der Waals surface area (Å²) in [6.45, 7) is 3.48. The minimum atomic E-state index is 0.489. The summed E-state index contributed by atoms with van der Waals surface area (Å²) in [6.07, 6.45) is 1.36. The van der Waals surface area contributed by atoms with Crippen LogP contribution in [0.4, 0.5) is 0 Å². The number of likely N-dealkylation sites (N-methyl/N-ethyl adjacent to an activating group) is 1. The Labute approximate surface area is 77.8 Å². The van der Waals surface area contributed by atoms with Gasteiger partial charge in [-0.3, -0.25) is 0 Å². The van der Waals surface area contributed by atoms with E-state index in [2.05, 4.69) is 29.8 Å². The van der Waals surface area contributed by atoms with Gasteiger partial charge in [0.05, 0.1) is 0 Å². The standard InChI is InChI=1S/C10H15NS/c1-8-6-10(8,7-11-2)9-4-3-5-12-9/h3-5,8,11H,6-7H2,1-2H3. The highest BCUT2D eigenvalue weighted by atomic mass is 32.1. The van der Waals surface area contributed by atoms with Crippen LogP contribution in [-0.4, -0.2) is 13.6 Å². The third-order valence-electron chi connectivity index (χ3n) is 2.96. The first kappa shape index (κ1) is 8.27. The van der Waals surface area contributed by atoms with Gasteiger partial charge >= 0.3 is 0 Å². The second kappa shape index (κ2) is 2.86. The summed E-state index contributed by atoms with van der Waals surface area (Å²) < 4.78 is 0. The van der Waals surface area contributed by atoms with Gasteiger partial charge in [0, 0.05) is 16.8 Å². The van der Waals surface area contributed by atoms with Crippen LogP contribution in [0.3, 0.4) is 0 Å². The van der Waals surface area contributed by atoms with E-state index in [1.165, 1.54) is 6.42 Å². The van der Waals surface area contributed by atoms with Crippen molar-refractivity contribution in [3.8, 4) is 0 Å². The molecule has 12 heavy (non-hydrogen) atoms. The maximum Gasteiger partial charge on any atom is 0.0200 e. The molecule has 0 bridgehead atoms. The minimum absolute atomic E-state index is 0.489. The summed E-state index contributed by atoms with van der Waals surface area (Å²) in [5, 5.41) is 5.47. The molecular formula is C10H15NS. The highest BCUT2D eigenvalue weighted by Gasteiger charge is 2.52. The second-order valence-corrected chi connectivity index (χ2v) is 4.72. The van der Waals surface area contributed by atoms with Gasteiger partial charge in [-0.25, -0.2) is 0 Å². The van der Waals surface area contributed by atoms with E-state index in [4.69, 9.17) is 0 Å². The zero-order valence-corrected chi connectivity index (χ0v) is 8.45. The average molecular weight is 181 g/mol. The predicted molar refractivity (Wildman–Crippen MR) is 53.7 cm³/mol. The molecule has 2 atom stereocenters. The van der Waals surface area contributed by atoms with Crippen LogP contribution in [0.1, 0.15) is 18.2 Å². The van der Waals surface area contributed by atoms with Crippen molar-refractivity contribution in [2.75, 3.05) is 13.6 Å². The van der Waals surface area contributed by atoms with Gasteiger partial charge in [-0.2, -0.15) is 0 Å². The Morgan fingerprint density at radius 2 is 2.50 bits per heavy atom. The molecule has 0 spiro atoms. The van der Waals surface area contributed by atoms with Crippen LogP contribution < -0.4 is 5.32 Å². The molecule has 1 nitrogen and oxygen atoms in total. The fourth-order valence-corrected chi connectivity index (χ4v) is 3.09. The molecule has 1 aliphatic carbocycles. The predicted octanol–water partition coefficient (Wildman–Crippen LogP) is 2.25. The van der Waals surface area contributed by atoms with Crippen molar-refractivity contribution in [3.63, 3.8) is 0 Å². The number of rotatable bonds is 3. The molecule has 1 heterocycles. The van der Waals surface area contributed by atoms with Crippen LogP contribution >= 0.6 is 11.3 Å². The number of hydrogen-bond acceptors (Lipinski definition) is 2. The van der Waals surface area contributed by atoms with Gasteiger partial charge < -0.3 is 5.32 Å². The van der Waals surface area contributed by atoms with Gasteiger partial charge in [0.15, 0.2) is 0 Å². The maximum absolute atomic E-state index is 3.30. The molecule has 1 saturated carbocycles. The first-order valence-corrected chi connectivity index (χ1v) is 5.36. The minimum Gasteiger partial charge on any atom is -0.319 e. The van der Waals surface area contributed by atoms with Gasteiger partial charge in [0.2, 0.25) is 0 Å². The summed E-state index contributed by atoms with van der Waals surface area (Å²) in [5.41, 5.74) is 0.489. The number of hydrogen-bond donors (Lipinski definition) is 1. The number of thiophene rings is 1. The lowest BCUT2D eigenvalue weighted by atomic mass is 10.0. The summed E-state index contributed by atoms with van der Waals surface area (Å²) in [7, 11) is 2.04. The molecule has 0 amide bonds. The van der Waals surface area contributed by atoms with Crippen LogP contribution in [0.5, 0.6) is 0 Å². The molecule has 0 radical (unpaired) electrons. The van der Waals surface area contributed by atoms with Crippen LogP contribution in [-0.2, 0) is 5.41 Å². The molecular weight excluding hydrogens is 166 g/mol. The van der Waals surface area contributed by atoms with Crippen molar-refractivity contribution >= 4 is 11.3 Å². The topological polar surface area (TPSA) is 12.0 Å². The van der Waals surface area contributed by atoms with E-state index in [9.17, 15) is 0 Å². The van der Waals surface area contributed by atoms with E-state index in [-0.39, 0.29) is 0 Å². The molecule has 2 unspecified atom stereocenters. The van der Waals surface area contributed by atoms with Crippen LogP contribution in [0, 0.1) is 5.92 Å². The van der Waals surface area contributed by atoms with Crippen LogP contribution in [0.2, 0.25) is 0 Å². The first-order chi connectivity index (χ1) is 5.79. The van der Waals surface area contributed by atoms with Crippen molar-refractivity contribution < 1.29 is 0 Å². The van der Waals surface area contributed by atoms with Crippen molar-refractivity contribution in [1.82, 2.24) is 5.32 Å². The van der Waals surface area contributed by atoms with Crippen molar-refractivity contribution in [3.05, 3.63) is 22.4 Å². The lowest BCUT2D eigenvalue weighted by Crippen LogP contribution is -2.24. The van der Waals surface area contributed by atoms with Gasteiger partial charge in [-0.1, -0.05) is 13.0 Å². The average Bonchev–Trinajstić information content (AvgIpc) is 2.56. The molecule has 1 aromatic rings. The summed E-state index contributed by atoms with van der Waals surface area (Å²) >= 11 is 1.90. The lowest BCUT2D eigenvalue weighted by Gasteiger charge is -2.13. The monoisotopic (exact) mass is 181 g/mol. The normalized spacial score (nSPS) is 33.7. The first-order valence-electron chi connectivity index (χ1n) is 4.48. The van der Waals surface area contributed by atoms with Gasteiger partial charge in [0.25, 0.3) is 0 Å². The SMILES string of the molecule is CNCC1(c2cccs2)CC1C. The van der Waals surface area contributed by atoms with Crippen molar-refractivity contribution in [2.45, 2.75) is 18.8 Å². The maximum atomic E-state index is 3.30. The fraction of sp³-hybridized carbons (Fsp3) is 0.600. The molecule has 1 fully saturated rings. The Bertz CT molecular complexity index is 255. The molecule has 1 aliphatic rings. The van der Waals surface area contributed by atoms with Crippen LogP contribution in [0.15, 0.2) is 17.5 Å². The Kier molecular flexibility index (Phi) is 1.97. The van der Waals surface area contributed by atoms with Crippen molar-refractivity contribution in [1.29, 1.82) is 0 Å². The number of nitrogens with one attached hydrogen (secondary N) is 1. The van der Waals surface area contributed by atoms with Gasteiger partial charge in [-0.05, 0) is 30.8 Å². The fourth-order valence-electron chi connectivity index (χ4n) is 2.04. The molecule has 2 heteroatoms. The molecule has 2 rings (SSSR count).